The van der Waals surface area contributed by atoms with Gasteiger partial charge in [-0.1, -0.05) is 54.6 Å². The van der Waals surface area contributed by atoms with Crippen LogP contribution in [0.4, 0.5) is 0 Å². The number of carbonyl (C=O) groups excluding carboxylic acids is 1. The lowest BCUT2D eigenvalue weighted by Crippen LogP contribution is -2.39. The van der Waals surface area contributed by atoms with Crippen molar-refractivity contribution in [3.8, 4) is 0 Å². The highest BCUT2D eigenvalue weighted by atomic mass is 16.2. The number of benzene rings is 2. The fraction of sp³-hybridized carbons (Fsp3) is 0.235. The Labute approximate surface area is 113 Å². The van der Waals surface area contributed by atoms with E-state index in [4.69, 9.17) is 0 Å². The van der Waals surface area contributed by atoms with Gasteiger partial charge in [-0.25, -0.2) is 0 Å². The Balaban J connectivity index is 2.13. The highest BCUT2D eigenvalue weighted by Gasteiger charge is 2.29. The van der Waals surface area contributed by atoms with Gasteiger partial charge in [0.25, 0.3) is 0 Å². The zero-order chi connectivity index (χ0) is 13.2. The van der Waals surface area contributed by atoms with Gasteiger partial charge in [0.1, 0.15) is 0 Å². The first-order valence-electron chi connectivity index (χ1n) is 6.67. The SMILES string of the molecule is CC(=O)N1CCc2ccccc2[C@H]1c1ccccc1. The van der Waals surface area contributed by atoms with E-state index < -0.39 is 0 Å². The molecule has 1 amide bonds. The molecule has 0 unspecified atom stereocenters. The van der Waals surface area contributed by atoms with E-state index in [0.29, 0.717) is 0 Å². The third-order valence-electron chi connectivity index (χ3n) is 3.80. The minimum atomic E-state index is 0.0589. The Morgan fingerprint density at radius 1 is 1.05 bits per heavy atom. The van der Waals surface area contributed by atoms with Gasteiger partial charge in [0, 0.05) is 13.5 Å². The van der Waals surface area contributed by atoms with Gasteiger partial charge in [-0.15, -0.1) is 0 Å². The minimum absolute atomic E-state index is 0.0589. The molecule has 0 N–H and O–H groups in total. The van der Waals surface area contributed by atoms with E-state index in [0.717, 1.165) is 13.0 Å². The first-order chi connectivity index (χ1) is 9.27. The van der Waals surface area contributed by atoms with Crippen LogP contribution in [0.2, 0.25) is 0 Å². The molecule has 1 heterocycles. The average molecular weight is 251 g/mol. The smallest absolute Gasteiger partial charge is 0.220 e. The van der Waals surface area contributed by atoms with Crippen LogP contribution in [-0.4, -0.2) is 17.4 Å². The van der Waals surface area contributed by atoms with Crippen LogP contribution in [-0.2, 0) is 11.2 Å². The molecule has 0 radical (unpaired) electrons. The average Bonchev–Trinajstić information content (AvgIpc) is 2.46. The lowest BCUT2D eigenvalue weighted by Gasteiger charge is -2.37. The second-order valence-corrected chi connectivity index (χ2v) is 4.97. The molecular weight excluding hydrogens is 234 g/mol. The summed E-state index contributed by atoms with van der Waals surface area (Å²) in [5.41, 5.74) is 3.80. The molecule has 0 bridgehead atoms. The van der Waals surface area contributed by atoms with E-state index in [1.807, 2.05) is 23.1 Å². The van der Waals surface area contributed by atoms with Crippen LogP contribution >= 0.6 is 0 Å². The summed E-state index contributed by atoms with van der Waals surface area (Å²) in [7, 11) is 0. The van der Waals surface area contributed by atoms with Gasteiger partial charge >= 0.3 is 0 Å². The number of rotatable bonds is 1. The molecule has 1 atom stereocenters. The molecule has 0 aromatic heterocycles. The molecule has 2 aromatic rings. The van der Waals surface area contributed by atoms with Crippen molar-refractivity contribution < 1.29 is 4.79 Å². The van der Waals surface area contributed by atoms with Crippen LogP contribution < -0.4 is 0 Å². The summed E-state index contributed by atoms with van der Waals surface area (Å²) in [6, 6.07) is 18.8. The summed E-state index contributed by atoms with van der Waals surface area (Å²) in [5.74, 6) is 0.142. The van der Waals surface area contributed by atoms with E-state index in [1.54, 1.807) is 6.92 Å². The number of hydrogen-bond acceptors (Lipinski definition) is 1. The molecule has 0 aliphatic carbocycles. The highest BCUT2D eigenvalue weighted by Crippen LogP contribution is 2.34. The van der Waals surface area contributed by atoms with Gasteiger partial charge in [0.2, 0.25) is 5.91 Å². The summed E-state index contributed by atoms with van der Waals surface area (Å²) >= 11 is 0. The number of nitrogens with zero attached hydrogens (tertiary/aromatic N) is 1. The largest absolute Gasteiger partial charge is 0.331 e. The second-order valence-electron chi connectivity index (χ2n) is 4.97. The van der Waals surface area contributed by atoms with Crippen molar-refractivity contribution in [3.05, 3.63) is 71.3 Å². The van der Waals surface area contributed by atoms with Crippen LogP contribution in [0.15, 0.2) is 54.6 Å². The summed E-state index contributed by atoms with van der Waals surface area (Å²) in [5, 5.41) is 0. The van der Waals surface area contributed by atoms with Crippen LogP contribution in [0.25, 0.3) is 0 Å². The zero-order valence-electron chi connectivity index (χ0n) is 11.0. The van der Waals surface area contributed by atoms with E-state index in [2.05, 4.69) is 36.4 Å². The maximum Gasteiger partial charge on any atom is 0.220 e. The monoisotopic (exact) mass is 251 g/mol. The van der Waals surface area contributed by atoms with Crippen molar-refractivity contribution in [2.75, 3.05) is 6.54 Å². The van der Waals surface area contributed by atoms with E-state index >= 15 is 0 Å². The fourth-order valence-electron chi connectivity index (χ4n) is 2.90. The van der Waals surface area contributed by atoms with Crippen molar-refractivity contribution in [2.45, 2.75) is 19.4 Å². The summed E-state index contributed by atoms with van der Waals surface area (Å²) in [6.45, 7) is 2.45. The number of fused-ring (bicyclic) bond motifs is 1. The standard InChI is InChI=1S/C17H17NO/c1-13(19)18-12-11-14-7-5-6-10-16(14)17(18)15-8-3-2-4-9-15/h2-10,17H,11-12H2,1H3/t17-/m1/s1. The lowest BCUT2D eigenvalue weighted by atomic mass is 9.88. The predicted molar refractivity (Wildman–Crippen MR) is 75.8 cm³/mol. The summed E-state index contributed by atoms with van der Waals surface area (Å²) in [4.78, 5) is 13.9. The molecule has 2 aromatic carbocycles. The number of carbonyl (C=O) groups is 1. The minimum Gasteiger partial charge on any atom is -0.331 e. The van der Waals surface area contributed by atoms with Crippen molar-refractivity contribution in [2.24, 2.45) is 0 Å². The van der Waals surface area contributed by atoms with Crippen molar-refractivity contribution in [1.29, 1.82) is 0 Å². The van der Waals surface area contributed by atoms with E-state index in [1.165, 1.54) is 16.7 Å². The Hall–Kier alpha value is -2.09. The topological polar surface area (TPSA) is 20.3 Å². The van der Waals surface area contributed by atoms with Crippen molar-refractivity contribution in [3.63, 3.8) is 0 Å². The van der Waals surface area contributed by atoms with Crippen LogP contribution in [0.1, 0.15) is 29.7 Å². The molecule has 96 valence electrons. The second kappa shape index (κ2) is 4.88. The predicted octanol–water partition coefficient (Wildman–Crippen LogP) is 3.18. The number of amides is 1. The van der Waals surface area contributed by atoms with Gasteiger partial charge in [0.05, 0.1) is 6.04 Å². The van der Waals surface area contributed by atoms with Gasteiger partial charge in [0.15, 0.2) is 0 Å². The van der Waals surface area contributed by atoms with Crippen molar-refractivity contribution in [1.82, 2.24) is 4.90 Å². The lowest BCUT2D eigenvalue weighted by molar-refractivity contribution is -0.130. The van der Waals surface area contributed by atoms with Crippen LogP contribution in [0.5, 0.6) is 0 Å². The third-order valence-corrected chi connectivity index (χ3v) is 3.80. The molecule has 1 aliphatic heterocycles. The quantitative estimate of drug-likeness (QED) is 0.762. The van der Waals surface area contributed by atoms with Gasteiger partial charge in [-0.2, -0.15) is 0 Å². The summed E-state index contributed by atoms with van der Waals surface area (Å²) in [6.07, 6.45) is 0.944. The van der Waals surface area contributed by atoms with Gasteiger partial charge < -0.3 is 4.90 Å². The fourth-order valence-corrected chi connectivity index (χ4v) is 2.90. The first kappa shape index (κ1) is 12.0. The van der Waals surface area contributed by atoms with Gasteiger partial charge in [-0.3, -0.25) is 4.79 Å². The molecule has 19 heavy (non-hydrogen) atoms. The molecule has 2 nitrogen and oxygen atoms in total. The van der Waals surface area contributed by atoms with Crippen LogP contribution in [0, 0.1) is 0 Å². The maximum atomic E-state index is 11.9. The summed E-state index contributed by atoms with van der Waals surface area (Å²) < 4.78 is 0. The first-order valence-corrected chi connectivity index (χ1v) is 6.67. The zero-order valence-corrected chi connectivity index (χ0v) is 11.0. The third kappa shape index (κ3) is 2.14. The molecule has 0 spiro atoms. The molecule has 1 aliphatic rings. The maximum absolute atomic E-state index is 11.9. The molecular formula is C17H17NO. The molecule has 3 rings (SSSR count). The normalized spacial score (nSPS) is 17.9. The molecule has 0 saturated carbocycles. The molecule has 2 heteroatoms. The highest BCUT2D eigenvalue weighted by molar-refractivity contribution is 5.75. The van der Waals surface area contributed by atoms with Crippen LogP contribution in [0.3, 0.4) is 0 Å². The Morgan fingerprint density at radius 2 is 1.74 bits per heavy atom. The Morgan fingerprint density at radius 3 is 2.47 bits per heavy atom. The molecule has 0 saturated heterocycles. The number of hydrogen-bond donors (Lipinski definition) is 0. The Bertz CT molecular complexity index is 591. The Kier molecular flexibility index (Phi) is 3.08. The van der Waals surface area contributed by atoms with Gasteiger partial charge in [-0.05, 0) is 23.1 Å². The van der Waals surface area contributed by atoms with E-state index in [-0.39, 0.29) is 11.9 Å². The van der Waals surface area contributed by atoms with Crippen molar-refractivity contribution >= 4 is 5.91 Å². The van der Waals surface area contributed by atoms with E-state index in [9.17, 15) is 4.79 Å². The molecule has 0 fully saturated rings.